The lowest BCUT2D eigenvalue weighted by molar-refractivity contribution is 0.601. The summed E-state index contributed by atoms with van der Waals surface area (Å²) in [6.07, 6.45) is 0. The number of aromatic nitrogens is 1. The van der Waals surface area contributed by atoms with E-state index in [1.54, 1.807) is 30.3 Å². The SMILES string of the molecule is Cc1ccc(S(=O)(=O)Nc2cccc3ccc(-c4ccccc4)nc23)cc1. The largest absolute Gasteiger partial charge is 0.277 e. The number of benzene rings is 3. The molecule has 0 bridgehead atoms. The second kappa shape index (κ2) is 6.85. The van der Waals surface area contributed by atoms with Crippen LogP contribution in [0.15, 0.2) is 89.8 Å². The number of hydrogen-bond donors (Lipinski definition) is 1. The molecular formula is C22H18N2O2S. The number of para-hydroxylation sites is 1. The maximum Gasteiger partial charge on any atom is 0.261 e. The van der Waals surface area contributed by atoms with Gasteiger partial charge in [-0.05, 0) is 31.2 Å². The number of fused-ring (bicyclic) bond motifs is 1. The van der Waals surface area contributed by atoms with Crippen LogP contribution in [0, 0.1) is 6.92 Å². The molecule has 1 heterocycles. The first-order valence-electron chi connectivity index (χ1n) is 8.58. The average Bonchev–Trinajstić information content (AvgIpc) is 2.69. The van der Waals surface area contributed by atoms with Crippen LogP contribution in [0.4, 0.5) is 5.69 Å². The molecule has 0 amide bonds. The van der Waals surface area contributed by atoms with Crippen LogP contribution >= 0.6 is 0 Å². The molecule has 1 N–H and O–H groups in total. The molecule has 0 saturated heterocycles. The number of rotatable bonds is 4. The van der Waals surface area contributed by atoms with Gasteiger partial charge in [-0.3, -0.25) is 4.72 Å². The van der Waals surface area contributed by atoms with Crippen molar-refractivity contribution < 1.29 is 8.42 Å². The molecule has 0 fully saturated rings. The first kappa shape index (κ1) is 17.2. The van der Waals surface area contributed by atoms with Crippen LogP contribution in [0.2, 0.25) is 0 Å². The Hall–Kier alpha value is -3.18. The van der Waals surface area contributed by atoms with Gasteiger partial charge in [0, 0.05) is 10.9 Å². The second-order valence-corrected chi connectivity index (χ2v) is 8.04. The summed E-state index contributed by atoms with van der Waals surface area (Å²) in [6.45, 7) is 1.92. The van der Waals surface area contributed by atoms with Crippen molar-refractivity contribution in [1.29, 1.82) is 0 Å². The molecule has 0 aliphatic rings. The Morgan fingerprint density at radius 2 is 1.52 bits per heavy atom. The molecule has 5 heteroatoms. The van der Waals surface area contributed by atoms with E-state index in [4.69, 9.17) is 4.98 Å². The number of pyridine rings is 1. The predicted molar refractivity (Wildman–Crippen MR) is 109 cm³/mol. The third-order valence-electron chi connectivity index (χ3n) is 4.37. The maximum absolute atomic E-state index is 12.8. The van der Waals surface area contributed by atoms with E-state index in [0.717, 1.165) is 22.2 Å². The smallest absolute Gasteiger partial charge is 0.261 e. The highest BCUT2D eigenvalue weighted by molar-refractivity contribution is 7.92. The van der Waals surface area contributed by atoms with Crippen molar-refractivity contribution in [2.45, 2.75) is 11.8 Å². The molecule has 134 valence electrons. The molecule has 0 radical (unpaired) electrons. The van der Waals surface area contributed by atoms with Gasteiger partial charge in [-0.1, -0.05) is 66.2 Å². The van der Waals surface area contributed by atoms with Crippen molar-refractivity contribution in [3.63, 3.8) is 0 Å². The molecule has 3 aromatic carbocycles. The predicted octanol–water partition coefficient (Wildman–Crippen LogP) is 5.01. The van der Waals surface area contributed by atoms with Gasteiger partial charge in [0.1, 0.15) is 0 Å². The Labute approximate surface area is 158 Å². The number of sulfonamides is 1. The average molecular weight is 374 g/mol. The van der Waals surface area contributed by atoms with Gasteiger partial charge >= 0.3 is 0 Å². The molecule has 27 heavy (non-hydrogen) atoms. The molecule has 0 spiro atoms. The van der Waals surface area contributed by atoms with Gasteiger partial charge < -0.3 is 0 Å². The number of nitrogens with zero attached hydrogens (tertiary/aromatic N) is 1. The summed E-state index contributed by atoms with van der Waals surface area (Å²) in [7, 11) is -3.69. The van der Waals surface area contributed by atoms with Gasteiger partial charge in [-0.25, -0.2) is 13.4 Å². The zero-order valence-corrected chi connectivity index (χ0v) is 15.6. The fourth-order valence-corrected chi connectivity index (χ4v) is 3.99. The molecular weight excluding hydrogens is 356 g/mol. The van der Waals surface area contributed by atoms with Gasteiger partial charge in [0.05, 0.1) is 21.8 Å². The number of hydrogen-bond acceptors (Lipinski definition) is 3. The zero-order chi connectivity index (χ0) is 18.9. The van der Waals surface area contributed by atoms with Crippen LogP contribution in [-0.2, 0) is 10.0 Å². The first-order valence-corrected chi connectivity index (χ1v) is 10.1. The number of aryl methyl sites for hydroxylation is 1. The molecule has 0 atom stereocenters. The lowest BCUT2D eigenvalue weighted by Gasteiger charge is -2.11. The summed E-state index contributed by atoms with van der Waals surface area (Å²) < 4.78 is 28.2. The molecule has 4 rings (SSSR count). The van der Waals surface area contributed by atoms with E-state index in [1.165, 1.54) is 0 Å². The molecule has 4 nitrogen and oxygen atoms in total. The van der Waals surface area contributed by atoms with E-state index in [-0.39, 0.29) is 4.90 Å². The minimum absolute atomic E-state index is 0.226. The minimum atomic E-state index is -3.69. The van der Waals surface area contributed by atoms with Crippen molar-refractivity contribution >= 4 is 26.6 Å². The van der Waals surface area contributed by atoms with E-state index in [9.17, 15) is 8.42 Å². The third kappa shape index (κ3) is 3.55. The topological polar surface area (TPSA) is 59.1 Å². The van der Waals surface area contributed by atoms with E-state index >= 15 is 0 Å². The van der Waals surface area contributed by atoms with Gasteiger partial charge in [-0.2, -0.15) is 0 Å². The maximum atomic E-state index is 12.8. The van der Waals surface area contributed by atoms with Crippen molar-refractivity contribution in [1.82, 2.24) is 4.98 Å². The first-order chi connectivity index (χ1) is 13.0. The lowest BCUT2D eigenvalue weighted by Crippen LogP contribution is -2.13. The normalized spacial score (nSPS) is 11.4. The Morgan fingerprint density at radius 3 is 2.26 bits per heavy atom. The van der Waals surface area contributed by atoms with Crippen LogP contribution in [0.3, 0.4) is 0 Å². The molecule has 4 aromatic rings. The Morgan fingerprint density at radius 1 is 0.778 bits per heavy atom. The van der Waals surface area contributed by atoms with Gasteiger partial charge in [0.2, 0.25) is 0 Å². The van der Waals surface area contributed by atoms with Crippen LogP contribution in [-0.4, -0.2) is 13.4 Å². The summed E-state index contributed by atoms with van der Waals surface area (Å²) in [5, 5.41) is 0.874. The highest BCUT2D eigenvalue weighted by atomic mass is 32.2. The molecule has 0 aliphatic carbocycles. The van der Waals surface area contributed by atoms with Crippen molar-refractivity contribution in [3.05, 3.63) is 90.5 Å². The summed E-state index contributed by atoms with van der Waals surface area (Å²) in [6, 6.07) is 25.9. The lowest BCUT2D eigenvalue weighted by atomic mass is 10.1. The summed E-state index contributed by atoms with van der Waals surface area (Å²) in [4.78, 5) is 4.94. The van der Waals surface area contributed by atoms with Gasteiger partial charge in [-0.15, -0.1) is 0 Å². The zero-order valence-electron chi connectivity index (χ0n) is 14.8. The quantitative estimate of drug-likeness (QED) is 0.546. The monoisotopic (exact) mass is 374 g/mol. The summed E-state index contributed by atoms with van der Waals surface area (Å²) in [5.74, 6) is 0. The second-order valence-electron chi connectivity index (χ2n) is 6.36. The Bertz CT molecular complexity index is 1200. The minimum Gasteiger partial charge on any atom is -0.277 e. The van der Waals surface area contributed by atoms with Gasteiger partial charge in [0.25, 0.3) is 10.0 Å². The van der Waals surface area contributed by atoms with Crippen molar-refractivity contribution in [2.75, 3.05) is 4.72 Å². The van der Waals surface area contributed by atoms with E-state index in [0.29, 0.717) is 11.2 Å². The fourth-order valence-electron chi connectivity index (χ4n) is 2.92. The highest BCUT2D eigenvalue weighted by Gasteiger charge is 2.16. The number of anilines is 1. The van der Waals surface area contributed by atoms with Crippen molar-refractivity contribution in [3.8, 4) is 11.3 Å². The Kier molecular flexibility index (Phi) is 4.38. The molecule has 1 aromatic heterocycles. The third-order valence-corrected chi connectivity index (χ3v) is 5.75. The molecule has 0 aliphatic heterocycles. The summed E-state index contributed by atoms with van der Waals surface area (Å²) >= 11 is 0. The summed E-state index contributed by atoms with van der Waals surface area (Å²) in [5.41, 5.74) is 3.87. The van der Waals surface area contributed by atoms with Crippen LogP contribution in [0.5, 0.6) is 0 Å². The van der Waals surface area contributed by atoms with Crippen LogP contribution in [0.1, 0.15) is 5.56 Å². The van der Waals surface area contributed by atoms with Crippen LogP contribution < -0.4 is 4.72 Å². The van der Waals surface area contributed by atoms with Crippen molar-refractivity contribution in [2.24, 2.45) is 0 Å². The van der Waals surface area contributed by atoms with E-state index < -0.39 is 10.0 Å². The van der Waals surface area contributed by atoms with Gasteiger partial charge in [0.15, 0.2) is 0 Å². The van der Waals surface area contributed by atoms with E-state index in [2.05, 4.69) is 4.72 Å². The van der Waals surface area contributed by atoms with E-state index in [1.807, 2.05) is 61.5 Å². The standard InChI is InChI=1S/C22H18N2O2S/c1-16-10-13-19(14-11-16)27(25,26)24-21-9-5-8-18-12-15-20(23-22(18)21)17-6-3-2-4-7-17/h2-15,24H,1H3. The number of nitrogens with one attached hydrogen (secondary N) is 1. The van der Waals surface area contributed by atoms with Crippen LogP contribution in [0.25, 0.3) is 22.2 Å². The molecule has 0 unspecified atom stereocenters. The molecule has 0 saturated carbocycles. The fraction of sp³-hybridized carbons (Fsp3) is 0.0455. The Balaban J connectivity index is 1.78. The highest BCUT2D eigenvalue weighted by Crippen LogP contribution is 2.27.